The molecular formula is C23H33KO4. The van der Waals surface area contributed by atoms with Gasteiger partial charge in [0.2, 0.25) is 0 Å². The van der Waals surface area contributed by atoms with Crippen LogP contribution in [0.5, 0.6) is 11.5 Å². The Morgan fingerprint density at radius 1 is 1.21 bits per heavy atom. The van der Waals surface area contributed by atoms with Crippen molar-refractivity contribution in [3.05, 3.63) is 46.1 Å². The number of hydrogen-bond acceptors (Lipinski definition) is 4. The number of aromatic hydroxyl groups is 1. The molecule has 28 heavy (non-hydrogen) atoms. The van der Waals surface area contributed by atoms with E-state index in [0.717, 1.165) is 32.1 Å². The number of carbonyl (C=O) groups is 1. The van der Waals surface area contributed by atoms with Crippen LogP contribution in [0.1, 0.15) is 81.3 Å². The van der Waals surface area contributed by atoms with Crippen LogP contribution in [0.4, 0.5) is 0 Å². The van der Waals surface area contributed by atoms with E-state index in [4.69, 9.17) is 4.74 Å². The van der Waals surface area contributed by atoms with Crippen LogP contribution in [0.15, 0.2) is 29.4 Å². The van der Waals surface area contributed by atoms with Crippen LogP contribution in [0, 0.1) is 0 Å². The number of aromatic carboxylic acids is 1. The Bertz CT molecular complexity index is 701. The van der Waals surface area contributed by atoms with Crippen LogP contribution < -0.4 is 61.2 Å². The Balaban J connectivity index is 0.00000729. The maximum Gasteiger partial charge on any atom is 1.00 e. The van der Waals surface area contributed by atoms with Crippen LogP contribution in [0.2, 0.25) is 0 Å². The molecule has 1 N–H and O–H groups in total. The zero-order valence-electron chi connectivity index (χ0n) is 18.4. The van der Waals surface area contributed by atoms with Crippen LogP contribution in [-0.4, -0.2) is 18.2 Å². The van der Waals surface area contributed by atoms with Crippen LogP contribution in [-0.2, 0) is 12.8 Å². The molecule has 150 valence electrons. The van der Waals surface area contributed by atoms with Gasteiger partial charge in [-0.2, -0.15) is 0 Å². The Morgan fingerprint density at radius 3 is 2.43 bits per heavy atom. The van der Waals surface area contributed by atoms with E-state index >= 15 is 0 Å². The van der Waals surface area contributed by atoms with Crippen molar-refractivity contribution in [2.75, 3.05) is 7.11 Å². The number of aryl methyl sites for hydroxylation is 1. The average Bonchev–Trinajstić information content (AvgIpc) is 2.59. The number of carbonyl (C=O) groups excluding carboxylic acids is 1. The Morgan fingerprint density at radius 2 is 1.89 bits per heavy atom. The molecule has 0 spiro atoms. The molecule has 0 aliphatic heterocycles. The maximum absolute atomic E-state index is 11.6. The molecule has 0 amide bonds. The SMILES string of the molecule is CCCCCc1cc(OC)c(C/C=C(\C)CCC=C(C)C)c(O)c1C(=O)[O-].[K+]. The number of ether oxygens (including phenoxy) is 1. The molecule has 0 unspecified atom stereocenters. The van der Waals surface area contributed by atoms with Crippen molar-refractivity contribution in [1.29, 1.82) is 0 Å². The second kappa shape index (κ2) is 14.4. The third kappa shape index (κ3) is 8.83. The summed E-state index contributed by atoms with van der Waals surface area (Å²) < 4.78 is 5.44. The number of methoxy groups -OCH3 is 1. The Hall–Kier alpha value is -0.594. The van der Waals surface area contributed by atoms with Crippen molar-refractivity contribution in [2.24, 2.45) is 0 Å². The van der Waals surface area contributed by atoms with Gasteiger partial charge in [0.05, 0.1) is 13.1 Å². The molecule has 0 atom stereocenters. The zero-order valence-corrected chi connectivity index (χ0v) is 21.5. The minimum atomic E-state index is -1.34. The summed E-state index contributed by atoms with van der Waals surface area (Å²) in [5.74, 6) is -1.04. The zero-order chi connectivity index (χ0) is 20.4. The molecule has 0 heterocycles. The molecule has 4 nitrogen and oxygen atoms in total. The van der Waals surface area contributed by atoms with Crippen molar-refractivity contribution in [3.63, 3.8) is 0 Å². The molecule has 0 aliphatic rings. The normalized spacial score (nSPS) is 11.0. The smallest absolute Gasteiger partial charge is 0.545 e. The molecule has 1 rings (SSSR count). The number of phenols is 1. The van der Waals surface area contributed by atoms with Gasteiger partial charge in [0.15, 0.2) is 0 Å². The fourth-order valence-electron chi connectivity index (χ4n) is 3.07. The first kappa shape index (κ1) is 27.4. The van der Waals surface area contributed by atoms with E-state index < -0.39 is 5.97 Å². The Labute approximate surface area is 212 Å². The van der Waals surface area contributed by atoms with Crippen LogP contribution in [0.3, 0.4) is 0 Å². The molecule has 0 saturated heterocycles. The average molecular weight is 413 g/mol. The number of rotatable bonds is 11. The van der Waals surface area contributed by atoms with E-state index in [9.17, 15) is 15.0 Å². The molecule has 0 aromatic heterocycles. The quantitative estimate of drug-likeness (QED) is 0.341. The number of benzene rings is 1. The molecule has 0 saturated carbocycles. The summed E-state index contributed by atoms with van der Waals surface area (Å²) in [4.78, 5) is 11.6. The van der Waals surface area contributed by atoms with Crippen molar-refractivity contribution in [2.45, 2.75) is 72.6 Å². The number of carboxylic acids is 1. The maximum atomic E-state index is 11.6. The molecule has 0 bridgehead atoms. The van der Waals surface area contributed by atoms with Crippen molar-refractivity contribution < 1.29 is 71.1 Å². The van der Waals surface area contributed by atoms with Crippen molar-refractivity contribution in [1.82, 2.24) is 0 Å². The predicted octanol–water partition coefficient (Wildman–Crippen LogP) is 1.74. The third-order valence-electron chi connectivity index (χ3n) is 4.67. The first-order valence-corrected chi connectivity index (χ1v) is 9.73. The monoisotopic (exact) mass is 412 g/mol. The van der Waals surface area contributed by atoms with Gasteiger partial charge in [-0.1, -0.05) is 43.1 Å². The molecule has 0 aliphatic carbocycles. The number of hydrogen-bond donors (Lipinski definition) is 1. The summed E-state index contributed by atoms with van der Waals surface area (Å²) in [5.41, 5.74) is 3.45. The van der Waals surface area contributed by atoms with Crippen molar-refractivity contribution >= 4 is 5.97 Å². The molecule has 1 aromatic carbocycles. The molecule has 5 heteroatoms. The number of carboxylic acid groups (broad SMARTS) is 1. The van der Waals surface area contributed by atoms with Gasteiger partial charge in [-0.05, 0) is 64.5 Å². The minimum absolute atomic E-state index is 0. The molecule has 1 aromatic rings. The van der Waals surface area contributed by atoms with E-state index in [1.807, 2.05) is 13.0 Å². The minimum Gasteiger partial charge on any atom is -0.545 e. The van der Waals surface area contributed by atoms with Gasteiger partial charge >= 0.3 is 51.4 Å². The van der Waals surface area contributed by atoms with Gasteiger partial charge in [0, 0.05) is 11.1 Å². The summed E-state index contributed by atoms with van der Waals surface area (Å²) in [5, 5.41) is 22.3. The van der Waals surface area contributed by atoms with Gasteiger partial charge in [-0.3, -0.25) is 0 Å². The van der Waals surface area contributed by atoms with E-state index in [1.54, 1.807) is 6.07 Å². The first-order chi connectivity index (χ1) is 12.8. The number of unbranched alkanes of at least 4 members (excludes halogenated alkanes) is 2. The summed E-state index contributed by atoms with van der Waals surface area (Å²) in [6, 6.07) is 1.74. The molecule has 0 radical (unpaired) electrons. The first-order valence-electron chi connectivity index (χ1n) is 9.73. The van der Waals surface area contributed by atoms with Gasteiger partial charge in [-0.25, -0.2) is 0 Å². The van der Waals surface area contributed by atoms with Gasteiger partial charge in [-0.15, -0.1) is 0 Å². The summed E-state index contributed by atoms with van der Waals surface area (Å²) in [6.45, 7) is 8.28. The summed E-state index contributed by atoms with van der Waals surface area (Å²) >= 11 is 0. The van der Waals surface area contributed by atoms with Gasteiger partial charge in [0.25, 0.3) is 0 Å². The van der Waals surface area contributed by atoms with Crippen LogP contribution in [0.25, 0.3) is 0 Å². The predicted molar refractivity (Wildman–Crippen MR) is 108 cm³/mol. The molecule has 0 fully saturated rings. The van der Waals surface area contributed by atoms with Crippen molar-refractivity contribution in [3.8, 4) is 11.5 Å². The Kier molecular flexibility index (Phi) is 14.1. The van der Waals surface area contributed by atoms with Gasteiger partial charge < -0.3 is 19.7 Å². The van der Waals surface area contributed by atoms with E-state index in [2.05, 4.69) is 26.8 Å². The molecular weight excluding hydrogens is 379 g/mol. The van der Waals surface area contributed by atoms with E-state index in [-0.39, 0.29) is 62.7 Å². The fourth-order valence-corrected chi connectivity index (χ4v) is 3.07. The summed E-state index contributed by atoms with van der Waals surface area (Å²) in [7, 11) is 1.54. The number of allylic oxidation sites excluding steroid dienone is 4. The van der Waals surface area contributed by atoms with Crippen LogP contribution >= 0.6 is 0 Å². The van der Waals surface area contributed by atoms with E-state index in [1.165, 1.54) is 18.3 Å². The fraction of sp³-hybridized carbons (Fsp3) is 0.522. The third-order valence-corrected chi connectivity index (χ3v) is 4.67. The van der Waals surface area contributed by atoms with E-state index in [0.29, 0.717) is 29.7 Å². The second-order valence-corrected chi connectivity index (χ2v) is 7.26. The topological polar surface area (TPSA) is 69.6 Å². The summed E-state index contributed by atoms with van der Waals surface area (Å²) in [6.07, 6.45) is 10.0. The van der Waals surface area contributed by atoms with Gasteiger partial charge in [0.1, 0.15) is 11.5 Å². The standard InChI is InChI=1S/C23H34O4.K/c1-6-7-8-12-18-15-20(27-5)19(22(24)21(18)23(25)26)14-13-17(4)11-9-10-16(2)3;/h10,13,15,24H,6-9,11-12,14H2,1-5H3,(H,25,26);/q;+1/p-1/b17-13+;. The second-order valence-electron chi connectivity index (χ2n) is 7.26. The largest absolute Gasteiger partial charge is 1.00 e.